The fraction of sp³-hybridized carbons (Fsp3) is 0.286. The van der Waals surface area contributed by atoms with Gasteiger partial charge in [-0.05, 0) is 18.6 Å². The SMILES string of the molecule is O=C(c1ccccc1C(F)(F)F)N1CCc2c([nH][nH]c2=O)C1. The van der Waals surface area contributed by atoms with Gasteiger partial charge in [0.2, 0.25) is 0 Å². The van der Waals surface area contributed by atoms with E-state index in [1.165, 1.54) is 23.1 Å². The van der Waals surface area contributed by atoms with Crippen molar-refractivity contribution in [2.24, 2.45) is 0 Å². The first-order valence-corrected chi connectivity index (χ1v) is 6.62. The molecule has 0 atom stereocenters. The standard InChI is InChI=1S/C14H12F3N3O2/c15-14(16,17)10-4-2-1-3-8(10)13(22)20-6-5-9-11(7-20)18-19-12(9)21/h1-4H,5-7H2,(H2,18,19,21). The van der Waals surface area contributed by atoms with Crippen LogP contribution in [0.4, 0.5) is 13.2 Å². The van der Waals surface area contributed by atoms with E-state index in [1.807, 2.05) is 0 Å². The van der Waals surface area contributed by atoms with E-state index >= 15 is 0 Å². The van der Waals surface area contributed by atoms with Gasteiger partial charge in [0.15, 0.2) is 0 Å². The van der Waals surface area contributed by atoms with Crippen LogP contribution in [0, 0.1) is 0 Å². The number of H-pyrrole nitrogens is 2. The molecule has 1 aromatic carbocycles. The second kappa shape index (κ2) is 5.04. The van der Waals surface area contributed by atoms with Crippen molar-refractivity contribution in [2.75, 3.05) is 6.54 Å². The Morgan fingerprint density at radius 2 is 1.91 bits per heavy atom. The quantitative estimate of drug-likeness (QED) is 0.845. The Morgan fingerprint density at radius 3 is 2.64 bits per heavy atom. The van der Waals surface area contributed by atoms with Gasteiger partial charge in [-0.1, -0.05) is 12.1 Å². The van der Waals surface area contributed by atoms with Crippen LogP contribution in [0.3, 0.4) is 0 Å². The molecule has 0 fully saturated rings. The zero-order valence-corrected chi connectivity index (χ0v) is 11.3. The van der Waals surface area contributed by atoms with E-state index in [4.69, 9.17) is 0 Å². The molecule has 1 aliphatic rings. The number of hydrogen-bond donors (Lipinski definition) is 2. The van der Waals surface area contributed by atoms with Crippen molar-refractivity contribution in [1.29, 1.82) is 0 Å². The van der Waals surface area contributed by atoms with Crippen molar-refractivity contribution in [1.82, 2.24) is 15.1 Å². The summed E-state index contributed by atoms with van der Waals surface area (Å²) in [5.41, 5.74) is -0.496. The van der Waals surface area contributed by atoms with Gasteiger partial charge in [0.1, 0.15) is 0 Å². The maximum atomic E-state index is 13.0. The zero-order chi connectivity index (χ0) is 15.9. The highest BCUT2D eigenvalue weighted by atomic mass is 19.4. The number of aromatic nitrogens is 2. The highest BCUT2D eigenvalue weighted by Crippen LogP contribution is 2.32. The molecule has 2 N–H and O–H groups in total. The summed E-state index contributed by atoms with van der Waals surface area (Å²) in [6.45, 7) is 0.290. The van der Waals surface area contributed by atoms with Gasteiger partial charge >= 0.3 is 6.18 Å². The number of carbonyl (C=O) groups is 1. The third-order valence-corrected chi connectivity index (χ3v) is 3.70. The van der Waals surface area contributed by atoms with Crippen molar-refractivity contribution in [3.63, 3.8) is 0 Å². The lowest BCUT2D eigenvalue weighted by Crippen LogP contribution is -2.37. The molecular weight excluding hydrogens is 299 g/mol. The average molecular weight is 311 g/mol. The number of carbonyl (C=O) groups excluding carboxylic acids is 1. The molecule has 5 nitrogen and oxygen atoms in total. The van der Waals surface area contributed by atoms with Crippen molar-refractivity contribution >= 4 is 5.91 Å². The van der Waals surface area contributed by atoms with E-state index in [-0.39, 0.29) is 24.2 Å². The number of hydrogen-bond acceptors (Lipinski definition) is 2. The number of alkyl halides is 3. The summed E-state index contributed by atoms with van der Waals surface area (Å²) in [6.07, 6.45) is -4.27. The van der Waals surface area contributed by atoms with Gasteiger partial charge < -0.3 is 10.00 Å². The van der Waals surface area contributed by atoms with Crippen LogP contribution in [0.5, 0.6) is 0 Å². The Balaban J connectivity index is 1.92. The van der Waals surface area contributed by atoms with Crippen LogP contribution in [0.15, 0.2) is 29.1 Å². The number of nitrogens with zero attached hydrogens (tertiary/aromatic N) is 1. The topological polar surface area (TPSA) is 69.0 Å². The molecule has 0 unspecified atom stereocenters. The van der Waals surface area contributed by atoms with Crippen LogP contribution >= 0.6 is 0 Å². The van der Waals surface area contributed by atoms with Gasteiger partial charge in [0.25, 0.3) is 11.5 Å². The second-order valence-corrected chi connectivity index (χ2v) is 5.06. The number of fused-ring (bicyclic) bond motifs is 1. The molecule has 0 bridgehead atoms. The van der Waals surface area contributed by atoms with E-state index in [9.17, 15) is 22.8 Å². The minimum absolute atomic E-state index is 0.0824. The second-order valence-electron chi connectivity index (χ2n) is 5.06. The Labute approximate surface area is 122 Å². The molecule has 2 heterocycles. The summed E-state index contributed by atoms with van der Waals surface area (Å²) >= 11 is 0. The lowest BCUT2D eigenvalue weighted by atomic mass is 10.0. The third-order valence-electron chi connectivity index (χ3n) is 3.70. The van der Waals surface area contributed by atoms with Crippen LogP contribution in [0.25, 0.3) is 0 Å². The van der Waals surface area contributed by atoms with E-state index in [1.54, 1.807) is 0 Å². The Bertz CT molecular complexity index is 776. The monoisotopic (exact) mass is 311 g/mol. The molecule has 8 heteroatoms. The molecule has 1 aromatic heterocycles. The van der Waals surface area contributed by atoms with E-state index in [0.717, 1.165) is 6.07 Å². The van der Waals surface area contributed by atoms with Gasteiger partial charge in [-0.2, -0.15) is 13.2 Å². The summed E-state index contributed by atoms with van der Waals surface area (Å²) in [5.74, 6) is -0.694. The number of rotatable bonds is 1. The summed E-state index contributed by atoms with van der Waals surface area (Å²) < 4.78 is 39.0. The fourth-order valence-corrected chi connectivity index (χ4v) is 2.60. The molecule has 0 saturated heterocycles. The van der Waals surface area contributed by atoms with E-state index in [2.05, 4.69) is 10.2 Å². The Morgan fingerprint density at radius 1 is 1.18 bits per heavy atom. The smallest absolute Gasteiger partial charge is 0.332 e. The van der Waals surface area contributed by atoms with Gasteiger partial charge in [0, 0.05) is 12.1 Å². The highest BCUT2D eigenvalue weighted by Gasteiger charge is 2.36. The summed E-state index contributed by atoms with van der Waals surface area (Å²) in [5, 5.41) is 5.07. The molecule has 0 radical (unpaired) electrons. The molecule has 0 saturated carbocycles. The molecule has 1 amide bonds. The summed E-state index contributed by atoms with van der Waals surface area (Å²) in [6, 6.07) is 4.70. The predicted molar refractivity (Wildman–Crippen MR) is 71.3 cm³/mol. The van der Waals surface area contributed by atoms with Crippen molar-refractivity contribution in [2.45, 2.75) is 19.1 Å². The third kappa shape index (κ3) is 2.40. The minimum atomic E-state index is -4.59. The maximum absolute atomic E-state index is 13.0. The average Bonchev–Trinajstić information content (AvgIpc) is 2.86. The zero-order valence-electron chi connectivity index (χ0n) is 11.3. The largest absolute Gasteiger partial charge is 0.417 e. The number of benzene rings is 1. The highest BCUT2D eigenvalue weighted by molar-refractivity contribution is 5.96. The number of amides is 1. The Kier molecular flexibility index (Phi) is 3.31. The van der Waals surface area contributed by atoms with Gasteiger partial charge in [-0.25, -0.2) is 0 Å². The molecule has 1 aliphatic heterocycles. The van der Waals surface area contributed by atoms with Crippen LogP contribution in [0.1, 0.15) is 27.2 Å². The number of halogens is 3. The van der Waals surface area contributed by atoms with Gasteiger partial charge in [-0.3, -0.25) is 14.7 Å². The lowest BCUT2D eigenvalue weighted by molar-refractivity contribution is -0.138. The maximum Gasteiger partial charge on any atom is 0.417 e. The molecule has 0 spiro atoms. The van der Waals surface area contributed by atoms with Crippen molar-refractivity contribution in [3.05, 3.63) is 57.0 Å². The van der Waals surface area contributed by atoms with Crippen LogP contribution in [0.2, 0.25) is 0 Å². The van der Waals surface area contributed by atoms with Gasteiger partial charge in [0.05, 0.1) is 23.4 Å². The molecule has 22 heavy (non-hydrogen) atoms. The summed E-state index contributed by atoms with van der Waals surface area (Å²) in [4.78, 5) is 25.2. The molecule has 3 rings (SSSR count). The van der Waals surface area contributed by atoms with Crippen molar-refractivity contribution in [3.8, 4) is 0 Å². The van der Waals surface area contributed by atoms with Crippen LogP contribution in [-0.4, -0.2) is 27.5 Å². The molecule has 0 aliphatic carbocycles. The van der Waals surface area contributed by atoms with E-state index in [0.29, 0.717) is 17.7 Å². The first-order valence-electron chi connectivity index (χ1n) is 6.62. The summed E-state index contributed by atoms with van der Waals surface area (Å²) in [7, 11) is 0. The number of aromatic amines is 2. The first-order chi connectivity index (χ1) is 10.4. The number of nitrogens with one attached hydrogen (secondary N) is 2. The van der Waals surface area contributed by atoms with Crippen molar-refractivity contribution < 1.29 is 18.0 Å². The molecular formula is C14H12F3N3O2. The van der Waals surface area contributed by atoms with Crippen LogP contribution < -0.4 is 5.56 Å². The van der Waals surface area contributed by atoms with Gasteiger partial charge in [-0.15, -0.1) is 0 Å². The van der Waals surface area contributed by atoms with E-state index < -0.39 is 17.6 Å². The minimum Gasteiger partial charge on any atom is -0.332 e. The fourth-order valence-electron chi connectivity index (χ4n) is 2.60. The normalized spacial score (nSPS) is 14.8. The predicted octanol–water partition coefficient (Wildman–Crippen LogP) is 1.92. The molecule has 2 aromatic rings. The first kappa shape index (κ1) is 14.4. The Hall–Kier alpha value is -2.51. The lowest BCUT2D eigenvalue weighted by Gasteiger charge is -2.27. The molecule has 116 valence electrons. The van der Waals surface area contributed by atoms with Crippen LogP contribution in [-0.2, 0) is 19.1 Å².